The number of fused-ring (bicyclic) bond motifs is 1. The lowest BCUT2D eigenvalue weighted by Crippen LogP contribution is -2.33. The van der Waals surface area contributed by atoms with Crippen LogP contribution in [0.1, 0.15) is 25.7 Å². The van der Waals surface area contributed by atoms with Crippen molar-refractivity contribution in [3.05, 3.63) is 66.7 Å². The van der Waals surface area contributed by atoms with Crippen LogP contribution in [-0.2, 0) is 10.0 Å². The Labute approximate surface area is 284 Å². The van der Waals surface area contributed by atoms with Crippen LogP contribution < -0.4 is 29.6 Å². The molecule has 1 fully saturated rings. The van der Waals surface area contributed by atoms with E-state index in [9.17, 15) is 34.8 Å². The van der Waals surface area contributed by atoms with E-state index in [1.807, 2.05) is 48.5 Å². The predicted molar refractivity (Wildman–Crippen MR) is 174 cm³/mol. The zero-order valence-corrected chi connectivity index (χ0v) is 27.6. The molecule has 17 heteroatoms. The van der Waals surface area contributed by atoms with E-state index in [2.05, 4.69) is 29.8 Å². The van der Waals surface area contributed by atoms with Crippen LogP contribution in [0.15, 0.2) is 71.6 Å². The van der Waals surface area contributed by atoms with Gasteiger partial charge in [0.25, 0.3) is 0 Å². The van der Waals surface area contributed by atoms with Gasteiger partial charge in [-0.1, -0.05) is 18.2 Å². The third kappa shape index (κ3) is 10.5. The first-order valence-corrected chi connectivity index (χ1v) is 17.1. The van der Waals surface area contributed by atoms with E-state index in [4.69, 9.17) is 9.72 Å². The lowest BCUT2D eigenvalue weighted by molar-refractivity contribution is -0.154. The lowest BCUT2D eigenvalue weighted by Gasteiger charge is -2.29. The Morgan fingerprint density at radius 1 is 0.780 bits per heavy atom. The quantitative estimate of drug-likeness (QED) is 0.114. The molecular weight excluding hydrogens is 692 g/mol. The summed E-state index contributed by atoms with van der Waals surface area (Å²) in [5, 5.41) is 7.50. The average Bonchev–Trinajstić information content (AvgIpc) is 3.08. The number of para-hydroxylation sites is 1. The molecule has 0 saturated heterocycles. The summed E-state index contributed by atoms with van der Waals surface area (Å²) in [6.07, 6.45) is -6.67. The summed E-state index contributed by atoms with van der Waals surface area (Å²) in [7, 11) is -2.90. The van der Waals surface area contributed by atoms with E-state index < -0.39 is 52.0 Å². The minimum atomic E-state index is -4.77. The van der Waals surface area contributed by atoms with Crippen molar-refractivity contribution in [1.82, 2.24) is 14.7 Å². The maximum Gasteiger partial charge on any atom is 0.422 e. The van der Waals surface area contributed by atoms with Crippen molar-refractivity contribution in [3.8, 4) is 17.2 Å². The number of methoxy groups -OCH3 is 1. The largest absolute Gasteiger partial charge is 0.497 e. The van der Waals surface area contributed by atoms with Crippen LogP contribution >= 0.6 is 0 Å². The van der Waals surface area contributed by atoms with E-state index in [0.29, 0.717) is 36.9 Å². The van der Waals surface area contributed by atoms with E-state index in [1.54, 1.807) is 7.11 Å². The number of sulfonamides is 1. The number of alkyl halides is 6. The number of hydrogen-bond acceptors (Lipinski definition) is 9. The first-order valence-electron chi connectivity index (χ1n) is 15.6. The molecule has 1 aliphatic rings. The monoisotopic (exact) mass is 727 g/mol. The number of rotatable bonds is 14. The summed E-state index contributed by atoms with van der Waals surface area (Å²) >= 11 is 0. The van der Waals surface area contributed by atoms with Gasteiger partial charge in [-0.2, -0.15) is 31.3 Å². The van der Waals surface area contributed by atoms with Gasteiger partial charge in [-0.15, -0.1) is 0 Å². The minimum Gasteiger partial charge on any atom is -0.497 e. The van der Waals surface area contributed by atoms with Gasteiger partial charge in [0.05, 0.1) is 12.6 Å². The normalized spacial score (nSPS) is 16.9. The van der Waals surface area contributed by atoms with Crippen molar-refractivity contribution >= 4 is 38.4 Å². The molecular formula is C33H35F6N5O5S. The van der Waals surface area contributed by atoms with Gasteiger partial charge in [0.1, 0.15) is 28.0 Å². The Morgan fingerprint density at radius 3 is 2.16 bits per heavy atom. The number of halogens is 6. The summed E-state index contributed by atoms with van der Waals surface area (Å²) < 4.78 is 120. The molecule has 10 nitrogen and oxygen atoms in total. The van der Waals surface area contributed by atoms with Gasteiger partial charge in [0, 0.05) is 36.3 Å². The van der Waals surface area contributed by atoms with Crippen molar-refractivity contribution in [3.63, 3.8) is 0 Å². The standard InChI is InChI=1S/C33H35F6N5O5S/c1-47-24-6-4-5-23(15-24)42-30-26-7-2-3-8-27(26)43-31(44-30)40-17-21-9-11-22(12-10-21)18-41-50(45,46)29-16-25(48-19-32(34,35)36)13-14-28(29)49-20-33(37,38)39/h2-8,13-16,21-22,41H,9-12,17-20H2,1H3,(H2,40,42,43,44)/t21-,22-. The highest BCUT2D eigenvalue weighted by Crippen LogP contribution is 2.33. The molecule has 0 unspecified atom stereocenters. The number of anilines is 3. The summed E-state index contributed by atoms with van der Waals surface area (Å²) in [6.45, 7) is -2.96. The zero-order valence-electron chi connectivity index (χ0n) is 26.8. The SMILES string of the molecule is COc1cccc(Nc2nc(NC[C@H]3CC[C@H](CNS(=O)(=O)c4cc(OCC(F)(F)F)ccc4OCC(F)(F)F)CC3)nc3ccccc23)c1. The molecule has 1 heterocycles. The Kier molecular flexibility index (Phi) is 11.5. The molecule has 1 aliphatic carbocycles. The zero-order chi connectivity index (χ0) is 35.9. The number of nitrogens with zero attached hydrogens (tertiary/aromatic N) is 2. The third-order valence-corrected chi connectivity index (χ3v) is 9.46. The molecule has 1 aromatic heterocycles. The van der Waals surface area contributed by atoms with Gasteiger partial charge in [-0.25, -0.2) is 18.1 Å². The second kappa shape index (κ2) is 15.6. The summed E-state index contributed by atoms with van der Waals surface area (Å²) in [5.74, 6) is 0.743. The Balaban J connectivity index is 1.18. The van der Waals surface area contributed by atoms with Crippen molar-refractivity contribution in [2.24, 2.45) is 11.8 Å². The van der Waals surface area contributed by atoms with Crippen LogP contribution in [0.4, 0.5) is 43.8 Å². The smallest absolute Gasteiger partial charge is 0.422 e. The molecule has 0 spiro atoms. The van der Waals surface area contributed by atoms with E-state index in [-0.39, 0.29) is 18.4 Å². The Morgan fingerprint density at radius 2 is 1.46 bits per heavy atom. The van der Waals surface area contributed by atoms with Crippen LogP contribution in [0.3, 0.4) is 0 Å². The maximum absolute atomic E-state index is 13.2. The van der Waals surface area contributed by atoms with E-state index >= 15 is 0 Å². The van der Waals surface area contributed by atoms with Crippen LogP contribution in [0.5, 0.6) is 17.2 Å². The van der Waals surface area contributed by atoms with Crippen molar-refractivity contribution < 1.29 is 49.0 Å². The highest BCUT2D eigenvalue weighted by Gasteiger charge is 2.32. The fourth-order valence-electron chi connectivity index (χ4n) is 5.50. The first kappa shape index (κ1) is 36.8. The van der Waals surface area contributed by atoms with Gasteiger partial charge in [0.2, 0.25) is 16.0 Å². The molecule has 0 radical (unpaired) electrons. The molecule has 0 atom stereocenters. The Hall–Kier alpha value is -4.51. The number of nitrogens with one attached hydrogen (secondary N) is 3. The number of benzene rings is 3. The highest BCUT2D eigenvalue weighted by atomic mass is 32.2. The molecule has 3 N–H and O–H groups in total. The molecule has 0 aliphatic heterocycles. The van der Waals surface area contributed by atoms with Crippen molar-refractivity contribution in [2.75, 3.05) is 44.0 Å². The third-order valence-electron chi connectivity index (χ3n) is 8.01. The van der Waals surface area contributed by atoms with Crippen LogP contribution in [-0.4, -0.2) is 64.2 Å². The maximum atomic E-state index is 13.2. The molecule has 5 rings (SSSR count). The fourth-order valence-corrected chi connectivity index (χ4v) is 6.78. The molecule has 1 saturated carbocycles. The van der Waals surface area contributed by atoms with Gasteiger partial charge >= 0.3 is 12.4 Å². The molecule has 270 valence electrons. The molecule has 50 heavy (non-hydrogen) atoms. The van der Waals surface area contributed by atoms with Gasteiger partial charge in [0.15, 0.2) is 13.2 Å². The molecule has 0 bridgehead atoms. The predicted octanol–water partition coefficient (Wildman–Crippen LogP) is 7.46. The molecule has 4 aromatic rings. The van der Waals surface area contributed by atoms with Gasteiger partial charge < -0.3 is 24.8 Å². The first-order chi connectivity index (χ1) is 23.7. The topological polar surface area (TPSA) is 124 Å². The second-order valence-electron chi connectivity index (χ2n) is 11.8. The Bertz CT molecular complexity index is 1870. The van der Waals surface area contributed by atoms with Crippen molar-refractivity contribution in [2.45, 2.75) is 42.9 Å². The highest BCUT2D eigenvalue weighted by molar-refractivity contribution is 7.89. The molecule has 3 aromatic carbocycles. The minimum absolute atomic E-state index is 0.0259. The van der Waals surface area contributed by atoms with Crippen LogP contribution in [0.25, 0.3) is 10.9 Å². The van der Waals surface area contributed by atoms with Gasteiger partial charge in [-0.05, 0) is 73.9 Å². The van der Waals surface area contributed by atoms with E-state index in [0.717, 1.165) is 47.6 Å². The number of ether oxygens (including phenoxy) is 3. The molecule has 0 amide bonds. The number of aromatic nitrogens is 2. The lowest BCUT2D eigenvalue weighted by atomic mass is 9.82. The number of hydrogen-bond donors (Lipinski definition) is 3. The van der Waals surface area contributed by atoms with Crippen molar-refractivity contribution in [1.29, 1.82) is 0 Å². The van der Waals surface area contributed by atoms with Crippen LogP contribution in [0, 0.1) is 11.8 Å². The van der Waals surface area contributed by atoms with Crippen LogP contribution in [0.2, 0.25) is 0 Å². The van der Waals surface area contributed by atoms with E-state index in [1.165, 1.54) is 0 Å². The summed E-state index contributed by atoms with van der Waals surface area (Å²) in [6, 6.07) is 17.5. The second-order valence-corrected chi connectivity index (χ2v) is 13.5. The average molecular weight is 728 g/mol. The summed E-state index contributed by atoms with van der Waals surface area (Å²) in [5.41, 5.74) is 1.54. The summed E-state index contributed by atoms with van der Waals surface area (Å²) in [4.78, 5) is 8.62. The van der Waals surface area contributed by atoms with Gasteiger partial charge in [-0.3, -0.25) is 0 Å². The fraction of sp³-hybridized carbons (Fsp3) is 0.394.